The fourth-order valence-electron chi connectivity index (χ4n) is 2.30. The number of rotatable bonds is 4. The van der Waals surface area contributed by atoms with E-state index in [1.165, 1.54) is 18.9 Å². The molecule has 0 bridgehead atoms. The minimum atomic E-state index is -1.09. The van der Waals surface area contributed by atoms with Crippen LogP contribution in [0.4, 0.5) is 5.69 Å². The summed E-state index contributed by atoms with van der Waals surface area (Å²) in [6, 6.07) is 3.28. The van der Waals surface area contributed by atoms with Gasteiger partial charge in [0.15, 0.2) is 17.1 Å². The van der Waals surface area contributed by atoms with E-state index in [0.29, 0.717) is 22.7 Å². The minimum absolute atomic E-state index is 0.0450. The van der Waals surface area contributed by atoms with Crippen molar-refractivity contribution in [2.24, 2.45) is 0 Å². The van der Waals surface area contributed by atoms with E-state index in [4.69, 9.17) is 9.47 Å². The molecular formula is C15H19NO5. The monoisotopic (exact) mass is 293 g/mol. The zero-order chi connectivity index (χ0) is 15.8. The van der Waals surface area contributed by atoms with Crippen LogP contribution in [0.15, 0.2) is 12.1 Å². The minimum Gasteiger partial charge on any atom is -0.493 e. The Kier molecular flexibility index (Phi) is 3.91. The SMILES string of the molecule is COc1cc(CO)cc2c1OC(C)(C)C(=O)N2CC(C)=O. The third-order valence-electron chi connectivity index (χ3n) is 3.29. The Balaban J connectivity index is 2.64. The summed E-state index contributed by atoms with van der Waals surface area (Å²) in [6.45, 7) is 4.46. The number of Topliss-reactive ketones (excluding diaryl/α,β-unsaturated/α-hetero) is 1. The molecule has 0 radical (unpaired) electrons. The van der Waals surface area contributed by atoms with Crippen molar-refractivity contribution in [1.82, 2.24) is 0 Å². The van der Waals surface area contributed by atoms with E-state index < -0.39 is 5.60 Å². The van der Waals surface area contributed by atoms with Crippen molar-refractivity contribution in [3.63, 3.8) is 0 Å². The van der Waals surface area contributed by atoms with Gasteiger partial charge in [-0.3, -0.25) is 14.5 Å². The molecular weight excluding hydrogens is 274 g/mol. The van der Waals surface area contributed by atoms with Crippen LogP contribution in [0.5, 0.6) is 11.5 Å². The Morgan fingerprint density at radius 3 is 2.62 bits per heavy atom. The normalized spacial score (nSPS) is 16.2. The summed E-state index contributed by atoms with van der Waals surface area (Å²) < 4.78 is 11.0. The van der Waals surface area contributed by atoms with Gasteiger partial charge < -0.3 is 14.6 Å². The van der Waals surface area contributed by atoms with Crippen molar-refractivity contribution in [1.29, 1.82) is 0 Å². The van der Waals surface area contributed by atoms with E-state index >= 15 is 0 Å². The predicted octanol–water partition coefficient (Wildman–Crippen LogP) is 1.28. The molecule has 0 saturated heterocycles. The van der Waals surface area contributed by atoms with Gasteiger partial charge in [0, 0.05) is 0 Å². The fraction of sp³-hybridized carbons (Fsp3) is 0.467. The summed E-state index contributed by atoms with van der Waals surface area (Å²) in [7, 11) is 1.48. The Morgan fingerprint density at radius 2 is 2.10 bits per heavy atom. The van der Waals surface area contributed by atoms with Crippen LogP contribution < -0.4 is 14.4 Å². The number of ether oxygens (including phenoxy) is 2. The molecule has 1 aliphatic heterocycles. The van der Waals surface area contributed by atoms with Gasteiger partial charge in [-0.15, -0.1) is 0 Å². The summed E-state index contributed by atoms with van der Waals surface area (Å²) in [5, 5.41) is 9.33. The lowest BCUT2D eigenvalue weighted by Crippen LogP contribution is -2.53. The van der Waals surface area contributed by atoms with Crippen molar-refractivity contribution in [2.45, 2.75) is 33.0 Å². The molecule has 1 heterocycles. The Labute approximate surface area is 123 Å². The first-order valence-corrected chi connectivity index (χ1v) is 6.62. The maximum absolute atomic E-state index is 12.5. The number of methoxy groups -OCH3 is 1. The first-order chi connectivity index (χ1) is 9.80. The van der Waals surface area contributed by atoms with Crippen LogP contribution in [0, 0.1) is 0 Å². The summed E-state index contributed by atoms with van der Waals surface area (Å²) in [5.74, 6) is 0.383. The summed E-state index contributed by atoms with van der Waals surface area (Å²) in [6.07, 6.45) is 0. The lowest BCUT2D eigenvalue weighted by molar-refractivity contribution is -0.133. The molecule has 21 heavy (non-hydrogen) atoms. The molecule has 0 spiro atoms. The molecule has 1 aliphatic rings. The van der Waals surface area contributed by atoms with Crippen LogP contribution >= 0.6 is 0 Å². The van der Waals surface area contributed by atoms with Crippen molar-refractivity contribution in [3.05, 3.63) is 17.7 Å². The van der Waals surface area contributed by atoms with Crippen molar-refractivity contribution in [2.75, 3.05) is 18.6 Å². The molecule has 0 unspecified atom stereocenters. The third-order valence-corrected chi connectivity index (χ3v) is 3.29. The molecule has 0 atom stereocenters. The number of fused-ring (bicyclic) bond motifs is 1. The second-order valence-corrected chi connectivity index (χ2v) is 5.51. The van der Waals surface area contributed by atoms with Gasteiger partial charge in [-0.25, -0.2) is 0 Å². The van der Waals surface area contributed by atoms with Crippen LogP contribution in [0.25, 0.3) is 0 Å². The zero-order valence-corrected chi connectivity index (χ0v) is 12.6. The molecule has 0 fully saturated rings. The molecule has 0 saturated carbocycles. The number of hydrogen-bond acceptors (Lipinski definition) is 5. The highest BCUT2D eigenvalue weighted by molar-refractivity contribution is 6.06. The predicted molar refractivity (Wildman–Crippen MR) is 76.7 cm³/mol. The van der Waals surface area contributed by atoms with Crippen LogP contribution in [-0.2, 0) is 16.2 Å². The molecule has 1 aromatic carbocycles. The number of amides is 1. The quantitative estimate of drug-likeness (QED) is 0.905. The number of benzene rings is 1. The summed E-state index contributed by atoms with van der Waals surface area (Å²) in [4.78, 5) is 25.3. The van der Waals surface area contributed by atoms with Crippen LogP contribution in [0.3, 0.4) is 0 Å². The number of carbonyl (C=O) groups is 2. The topological polar surface area (TPSA) is 76.1 Å². The molecule has 2 rings (SSSR count). The number of ketones is 1. The molecule has 0 aliphatic carbocycles. The largest absolute Gasteiger partial charge is 0.493 e. The maximum Gasteiger partial charge on any atom is 0.271 e. The molecule has 1 aromatic rings. The Morgan fingerprint density at radius 1 is 1.43 bits per heavy atom. The van der Waals surface area contributed by atoms with Gasteiger partial charge in [-0.05, 0) is 38.5 Å². The van der Waals surface area contributed by atoms with E-state index in [1.54, 1.807) is 26.0 Å². The molecule has 6 nitrogen and oxygen atoms in total. The highest BCUT2D eigenvalue weighted by Crippen LogP contribution is 2.45. The zero-order valence-electron chi connectivity index (χ0n) is 12.6. The maximum atomic E-state index is 12.5. The van der Waals surface area contributed by atoms with Gasteiger partial charge in [0.25, 0.3) is 5.91 Å². The highest BCUT2D eigenvalue weighted by atomic mass is 16.5. The fourth-order valence-corrected chi connectivity index (χ4v) is 2.30. The number of aliphatic hydroxyl groups excluding tert-OH is 1. The average Bonchev–Trinajstić information content (AvgIpc) is 2.42. The van der Waals surface area contributed by atoms with Gasteiger partial charge in [0.1, 0.15) is 5.78 Å². The smallest absolute Gasteiger partial charge is 0.271 e. The van der Waals surface area contributed by atoms with E-state index in [0.717, 1.165) is 0 Å². The number of aliphatic hydroxyl groups is 1. The van der Waals surface area contributed by atoms with Gasteiger partial charge in [0.05, 0.1) is 25.9 Å². The first-order valence-electron chi connectivity index (χ1n) is 6.62. The van der Waals surface area contributed by atoms with E-state index in [9.17, 15) is 14.7 Å². The summed E-state index contributed by atoms with van der Waals surface area (Å²) in [5.41, 5.74) is -0.0654. The van der Waals surface area contributed by atoms with E-state index in [1.807, 2.05) is 0 Å². The van der Waals surface area contributed by atoms with Crippen LogP contribution in [-0.4, -0.2) is 36.1 Å². The van der Waals surface area contributed by atoms with Crippen molar-refractivity contribution >= 4 is 17.4 Å². The highest BCUT2D eigenvalue weighted by Gasteiger charge is 2.42. The number of hydrogen-bond donors (Lipinski definition) is 1. The third kappa shape index (κ3) is 2.71. The van der Waals surface area contributed by atoms with Gasteiger partial charge in [0.2, 0.25) is 0 Å². The first kappa shape index (κ1) is 15.3. The average molecular weight is 293 g/mol. The molecule has 0 aromatic heterocycles. The number of nitrogens with zero attached hydrogens (tertiary/aromatic N) is 1. The van der Waals surface area contributed by atoms with E-state index in [2.05, 4.69) is 0 Å². The lowest BCUT2D eigenvalue weighted by Gasteiger charge is -2.39. The number of anilines is 1. The summed E-state index contributed by atoms with van der Waals surface area (Å²) >= 11 is 0. The molecule has 1 amide bonds. The second kappa shape index (κ2) is 5.37. The lowest BCUT2D eigenvalue weighted by atomic mass is 10.0. The van der Waals surface area contributed by atoms with Gasteiger partial charge in [-0.2, -0.15) is 0 Å². The Bertz CT molecular complexity index is 594. The second-order valence-electron chi connectivity index (χ2n) is 5.51. The van der Waals surface area contributed by atoms with E-state index in [-0.39, 0.29) is 24.8 Å². The molecule has 114 valence electrons. The van der Waals surface area contributed by atoms with Crippen molar-refractivity contribution in [3.8, 4) is 11.5 Å². The van der Waals surface area contributed by atoms with Gasteiger partial charge in [-0.1, -0.05) is 0 Å². The molecule has 1 N–H and O–H groups in total. The standard InChI is InChI=1S/C15H19NO5/c1-9(18)7-16-11-5-10(8-17)6-12(20-4)13(11)21-15(2,3)14(16)19/h5-6,17H,7-8H2,1-4H3. The van der Waals surface area contributed by atoms with Crippen LogP contribution in [0.2, 0.25) is 0 Å². The van der Waals surface area contributed by atoms with Gasteiger partial charge >= 0.3 is 0 Å². The Hall–Kier alpha value is -2.08. The number of carbonyl (C=O) groups excluding carboxylic acids is 2. The molecule has 6 heteroatoms. The van der Waals surface area contributed by atoms with Crippen molar-refractivity contribution < 1.29 is 24.2 Å². The van der Waals surface area contributed by atoms with Crippen LogP contribution in [0.1, 0.15) is 26.3 Å².